The van der Waals surface area contributed by atoms with Crippen molar-refractivity contribution in [1.29, 1.82) is 5.26 Å². The van der Waals surface area contributed by atoms with Crippen molar-refractivity contribution in [3.63, 3.8) is 0 Å². The molecule has 2 fully saturated rings. The van der Waals surface area contributed by atoms with Crippen molar-refractivity contribution in [2.75, 3.05) is 13.7 Å². The fraction of sp³-hybridized carbons (Fsp3) is 0.310. The molecule has 5 nitrogen and oxygen atoms in total. The molecule has 0 aromatic heterocycles. The van der Waals surface area contributed by atoms with Crippen LogP contribution < -0.4 is 5.73 Å². The molecule has 7 heteroatoms. The van der Waals surface area contributed by atoms with Crippen molar-refractivity contribution >= 4 is 5.91 Å². The standard InChI is InChI=1S/C29H27F2N3O2/c1-36-11-10-17-2-7-23(26(31)12-17)22-8-5-19(29(35)34-21-6-9-28(34)27(33)15-21)13-24(22)18-3-4-20(16-32)25(30)14-18/h2-5,7-8,12-14,21,27-28H,6,9-11,15,33H2,1H3/t21-,27-,28+/m0/s1. The predicted octanol–water partition coefficient (Wildman–Crippen LogP) is 5.06. The van der Waals surface area contributed by atoms with E-state index >= 15 is 4.39 Å². The van der Waals surface area contributed by atoms with Crippen LogP contribution in [0.3, 0.4) is 0 Å². The first-order valence-corrected chi connectivity index (χ1v) is 12.1. The van der Waals surface area contributed by atoms with Gasteiger partial charge in [0.2, 0.25) is 0 Å². The van der Waals surface area contributed by atoms with Crippen LogP contribution in [0.1, 0.15) is 40.7 Å². The van der Waals surface area contributed by atoms with Crippen molar-refractivity contribution in [1.82, 2.24) is 4.90 Å². The van der Waals surface area contributed by atoms with Gasteiger partial charge in [-0.3, -0.25) is 4.79 Å². The second-order valence-corrected chi connectivity index (χ2v) is 9.53. The predicted molar refractivity (Wildman–Crippen MR) is 133 cm³/mol. The highest BCUT2D eigenvalue weighted by Crippen LogP contribution is 2.40. The number of carbonyl (C=O) groups excluding carboxylic acids is 1. The number of amides is 1. The summed E-state index contributed by atoms with van der Waals surface area (Å²) in [7, 11) is 1.60. The molecule has 3 aromatic rings. The van der Waals surface area contributed by atoms with Gasteiger partial charge in [0.05, 0.1) is 12.2 Å². The van der Waals surface area contributed by atoms with E-state index in [0.717, 1.165) is 24.8 Å². The lowest BCUT2D eigenvalue weighted by molar-refractivity contribution is 0.0726. The Kier molecular flexibility index (Phi) is 6.57. The van der Waals surface area contributed by atoms with Crippen LogP contribution in [0.15, 0.2) is 54.6 Å². The Hall–Kier alpha value is -3.60. The number of nitrogens with zero attached hydrogens (tertiary/aromatic N) is 2. The Morgan fingerprint density at radius 3 is 2.50 bits per heavy atom. The molecule has 1 amide bonds. The third kappa shape index (κ3) is 4.27. The number of hydrogen-bond acceptors (Lipinski definition) is 4. The Morgan fingerprint density at radius 2 is 1.86 bits per heavy atom. The van der Waals surface area contributed by atoms with Gasteiger partial charge >= 0.3 is 0 Å². The zero-order chi connectivity index (χ0) is 25.4. The molecule has 2 N–H and O–H groups in total. The smallest absolute Gasteiger partial charge is 0.254 e. The Labute approximate surface area is 209 Å². The van der Waals surface area contributed by atoms with E-state index in [1.54, 1.807) is 37.4 Å². The van der Waals surface area contributed by atoms with Crippen LogP contribution in [0.4, 0.5) is 8.78 Å². The minimum atomic E-state index is -0.670. The number of fused-ring (bicyclic) bond motifs is 2. The molecule has 36 heavy (non-hydrogen) atoms. The molecule has 2 saturated heterocycles. The van der Waals surface area contributed by atoms with Crippen molar-refractivity contribution in [2.45, 2.75) is 43.8 Å². The molecule has 5 rings (SSSR count). The maximum absolute atomic E-state index is 15.3. The highest BCUT2D eigenvalue weighted by molar-refractivity contribution is 5.98. The summed E-state index contributed by atoms with van der Waals surface area (Å²) < 4.78 is 34.9. The molecule has 3 atom stereocenters. The highest BCUT2D eigenvalue weighted by atomic mass is 19.1. The van der Waals surface area contributed by atoms with Crippen molar-refractivity contribution < 1.29 is 18.3 Å². The van der Waals surface area contributed by atoms with E-state index in [2.05, 4.69) is 0 Å². The monoisotopic (exact) mass is 487 g/mol. The molecule has 0 unspecified atom stereocenters. The molecule has 0 radical (unpaired) electrons. The van der Waals surface area contributed by atoms with Crippen LogP contribution >= 0.6 is 0 Å². The zero-order valence-corrected chi connectivity index (χ0v) is 20.0. The lowest BCUT2D eigenvalue weighted by Crippen LogP contribution is -2.40. The van der Waals surface area contributed by atoms with Gasteiger partial charge in [-0.2, -0.15) is 5.26 Å². The van der Waals surface area contributed by atoms with Gasteiger partial charge in [-0.05, 0) is 78.3 Å². The Bertz CT molecular complexity index is 1370. The zero-order valence-electron chi connectivity index (χ0n) is 20.0. The molecule has 0 spiro atoms. The van der Waals surface area contributed by atoms with Gasteiger partial charge in [-0.15, -0.1) is 0 Å². The summed E-state index contributed by atoms with van der Waals surface area (Å²) in [5.41, 5.74) is 9.26. The second kappa shape index (κ2) is 9.81. The maximum Gasteiger partial charge on any atom is 0.254 e. The lowest BCUT2D eigenvalue weighted by atomic mass is 9.91. The minimum absolute atomic E-state index is 0.0232. The fourth-order valence-corrected chi connectivity index (χ4v) is 5.58. The summed E-state index contributed by atoms with van der Waals surface area (Å²) in [6, 6.07) is 16.3. The quantitative estimate of drug-likeness (QED) is 0.527. The van der Waals surface area contributed by atoms with E-state index in [0.29, 0.717) is 40.8 Å². The van der Waals surface area contributed by atoms with Gasteiger partial charge in [-0.25, -0.2) is 8.78 Å². The molecule has 3 aromatic carbocycles. The van der Waals surface area contributed by atoms with E-state index in [-0.39, 0.29) is 29.6 Å². The number of methoxy groups -OCH3 is 1. The van der Waals surface area contributed by atoms with Gasteiger partial charge < -0.3 is 15.4 Å². The molecule has 2 heterocycles. The van der Waals surface area contributed by atoms with E-state index < -0.39 is 11.6 Å². The molecule has 2 aliphatic heterocycles. The second-order valence-electron chi connectivity index (χ2n) is 9.53. The van der Waals surface area contributed by atoms with Crippen LogP contribution in [0, 0.1) is 23.0 Å². The largest absolute Gasteiger partial charge is 0.384 e. The summed E-state index contributed by atoms with van der Waals surface area (Å²) in [6.07, 6.45) is 3.21. The number of carbonyl (C=O) groups is 1. The van der Waals surface area contributed by atoms with E-state index in [4.69, 9.17) is 15.7 Å². The summed E-state index contributed by atoms with van der Waals surface area (Å²) in [4.78, 5) is 15.4. The number of nitrogens with two attached hydrogens (primary N) is 1. The number of rotatable bonds is 6. The van der Waals surface area contributed by atoms with E-state index in [1.165, 1.54) is 18.2 Å². The van der Waals surface area contributed by atoms with Crippen molar-refractivity contribution in [3.8, 4) is 28.3 Å². The van der Waals surface area contributed by atoms with Crippen LogP contribution in [-0.2, 0) is 11.2 Å². The molecular weight excluding hydrogens is 460 g/mol. The van der Waals surface area contributed by atoms with Gasteiger partial charge in [0.15, 0.2) is 0 Å². The normalized spacial score (nSPS) is 20.5. The summed E-state index contributed by atoms with van der Waals surface area (Å²) in [6.45, 7) is 0.480. The fourth-order valence-electron chi connectivity index (χ4n) is 5.58. The number of nitriles is 1. The first kappa shape index (κ1) is 24.1. The first-order valence-electron chi connectivity index (χ1n) is 12.1. The number of benzene rings is 3. The van der Waals surface area contributed by atoms with E-state index in [9.17, 15) is 9.18 Å². The molecule has 2 bridgehead atoms. The summed E-state index contributed by atoms with van der Waals surface area (Å²) in [5.74, 6) is -1.20. The number of hydrogen-bond donors (Lipinski definition) is 1. The maximum atomic E-state index is 15.3. The van der Waals surface area contributed by atoms with Crippen LogP contribution in [0.2, 0.25) is 0 Å². The third-order valence-electron chi connectivity index (χ3n) is 7.40. The first-order chi connectivity index (χ1) is 17.4. The average molecular weight is 488 g/mol. The van der Waals surface area contributed by atoms with Gasteiger partial charge in [0, 0.05) is 36.4 Å². The van der Waals surface area contributed by atoms with Gasteiger partial charge in [-0.1, -0.05) is 24.3 Å². The van der Waals surface area contributed by atoms with Crippen LogP contribution in [0.25, 0.3) is 22.3 Å². The summed E-state index contributed by atoms with van der Waals surface area (Å²) in [5, 5.41) is 9.14. The van der Waals surface area contributed by atoms with Crippen molar-refractivity contribution in [3.05, 3.63) is 82.9 Å². The Morgan fingerprint density at radius 1 is 1.06 bits per heavy atom. The Balaban J connectivity index is 1.59. The molecule has 0 aliphatic carbocycles. The number of halogens is 2. The van der Waals surface area contributed by atoms with E-state index in [1.807, 2.05) is 17.0 Å². The molecule has 0 saturated carbocycles. The SMILES string of the molecule is COCCc1ccc(-c2ccc(C(=O)N3[C@H]4CC[C@@H]3[C@@H](N)C4)cc2-c2ccc(C#N)c(F)c2)c(F)c1. The highest BCUT2D eigenvalue weighted by Gasteiger charge is 2.47. The van der Waals surface area contributed by atoms with Gasteiger partial charge in [0.1, 0.15) is 17.7 Å². The molecule has 184 valence electrons. The summed E-state index contributed by atoms with van der Waals surface area (Å²) >= 11 is 0. The van der Waals surface area contributed by atoms with Crippen LogP contribution in [-0.4, -0.2) is 42.6 Å². The topological polar surface area (TPSA) is 79.3 Å². The number of ether oxygens (including phenoxy) is 1. The third-order valence-corrected chi connectivity index (χ3v) is 7.40. The minimum Gasteiger partial charge on any atom is -0.384 e. The molecular formula is C29H27F2N3O2. The van der Waals surface area contributed by atoms with Crippen molar-refractivity contribution in [2.24, 2.45) is 5.73 Å². The molecule has 2 aliphatic rings. The van der Waals surface area contributed by atoms with Crippen LogP contribution in [0.5, 0.6) is 0 Å². The van der Waals surface area contributed by atoms with Gasteiger partial charge in [0.25, 0.3) is 5.91 Å². The average Bonchev–Trinajstić information content (AvgIpc) is 3.43. The lowest BCUT2D eigenvalue weighted by Gasteiger charge is -2.24.